The van der Waals surface area contributed by atoms with E-state index in [1.165, 1.54) is 4.31 Å². The number of halogens is 3. The summed E-state index contributed by atoms with van der Waals surface area (Å²) in [7, 11) is -3.86. The second kappa shape index (κ2) is 7.40. The fraction of sp³-hybridized carbons (Fsp3) is 0.588. The number of sulfonamides is 1. The molecule has 27 heavy (non-hydrogen) atoms. The number of hydrogen-bond acceptors (Lipinski definition) is 4. The number of nitrogens with one attached hydrogen (secondary N) is 1. The van der Waals surface area contributed by atoms with Crippen molar-refractivity contribution in [2.24, 2.45) is 0 Å². The summed E-state index contributed by atoms with van der Waals surface area (Å²) >= 11 is 0. The zero-order chi connectivity index (χ0) is 19.8. The van der Waals surface area contributed by atoms with E-state index in [9.17, 15) is 26.4 Å². The maximum absolute atomic E-state index is 12.7. The fourth-order valence-corrected chi connectivity index (χ4v) is 4.43. The van der Waals surface area contributed by atoms with Crippen LogP contribution in [0, 0.1) is 0 Å². The number of carbonyl (C=O) groups is 1. The lowest BCUT2D eigenvalue weighted by molar-refractivity contribution is -0.137. The summed E-state index contributed by atoms with van der Waals surface area (Å²) in [5, 5.41) is 2.93. The molecule has 1 aromatic rings. The fourth-order valence-electron chi connectivity index (χ4n) is 3.01. The van der Waals surface area contributed by atoms with Crippen LogP contribution in [0.25, 0.3) is 0 Å². The lowest BCUT2D eigenvalue weighted by Crippen LogP contribution is -2.55. The largest absolute Gasteiger partial charge is 0.416 e. The molecule has 1 aliphatic carbocycles. The van der Waals surface area contributed by atoms with Gasteiger partial charge >= 0.3 is 6.18 Å². The highest BCUT2D eigenvalue weighted by atomic mass is 32.2. The Kier molecular flexibility index (Phi) is 5.51. The second-order valence-corrected chi connectivity index (χ2v) is 8.86. The van der Waals surface area contributed by atoms with Gasteiger partial charge in [0.05, 0.1) is 16.5 Å². The number of nitrogens with zero attached hydrogens (tertiary/aromatic N) is 2. The van der Waals surface area contributed by atoms with Crippen LogP contribution in [-0.4, -0.2) is 61.8 Å². The zero-order valence-electron chi connectivity index (χ0n) is 14.9. The van der Waals surface area contributed by atoms with Gasteiger partial charge in [-0.2, -0.15) is 17.5 Å². The third kappa shape index (κ3) is 4.61. The van der Waals surface area contributed by atoms with Gasteiger partial charge in [-0.05, 0) is 44.0 Å². The molecule has 0 aromatic heterocycles. The molecule has 3 rings (SSSR count). The van der Waals surface area contributed by atoms with Gasteiger partial charge in [-0.25, -0.2) is 8.42 Å². The number of benzene rings is 1. The summed E-state index contributed by atoms with van der Waals surface area (Å²) in [5.74, 6) is -0.0588. The summed E-state index contributed by atoms with van der Waals surface area (Å²) in [5.41, 5.74) is -0.887. The van der Waals surface area contributed by atoms with Gasteiger partial charge in [0.2, 0.25) is 15.9 Å². The summed E-state index contributed by atoms with van der Waals surface area (Å²) in [6.45, 7) is 2.94. The molecule has 1 N–H and O–H groups in total. The SMILES string of the molecule is C[C@H](C(=O)NC1CC1)N1CCN(S(=O)(=O)c2ccc(C(F)(F)F)cc2)CC1. The minimum Gasteiger partial charge on any atom is -0.352 e. The Balaban J connectivity index is 1.61. The smallest absolute Gasteiger partial charge is 0.352 e. The van der Waals surface area contributed by atoms with Crippen molar-refractivity contribution in [2.45, 2.75) is 42.9 Å². The van der Waals surface area contributed by atoms with Crippen LogP contribution in [0.2, 0.25) is 0 Å². The molecule has 1 aromatic carbocycles. The number of carbonyl (C=O) groups excluding carboxylic acids is 1. The van der Waals surface area contributed by atoms with Gasteiger partial charge in [-0.1, -0.05) is 0 Å². The number of hydrogen-bond donors (Lipinski definition) is 1. The topological polar surface area (TPSA) is 69.7 Å². The molecule has 1 heterocycles. The predicted octanol–water partition coefficient (Wildman–Crippen LogP) is 1.68. The van der Waals surface area contributed by atoms with E-state index in [0.717, 1.165) is 37.1 Å². The first-order valence-corrected chi connectivity index (χ1v) is 10.2. The van der Waals surface area contributed by atoms with Gasteiger partial charge in [-0.15, -0.1) is 0 Å². The molecule has 1 aliphatic heterocycles. The molecule has 1 atom stereocenters. The number of piperazine rings is 1. The molecular formula is C17H22F3N3O3S. The van der Waals surface area contributed by atoms with Crippen LogP contribution in [-0.2, 0) is 21.0 Å². The monoisotopic (exact) mass is 405 g/mol. The predicted molar refractivity (Wildman–Crippen MR) is 92.4 cm³/mol. The third-order valence-electron chi connectivity index (χ3n) is 4.94. The number of alkyl halides is 3. The average Bonchev–Trinajstić information content (AvgIpc) is 3.44. The van der Waals surface area contributed by atoms with Crippen LogP contribution in [0.5, 0.6) is 0 Å². The molecule has 1 saturated carbocycles. The molecule has 0 radical (unpaired) electrons. The van der Waals surface area contributed by atoms with Gasteiger partial charge in [0.15, 0.2) is 0 Å². The van der Waals surface area contributed by atoms with Crippen LogP contribution in [0.4, 0.5) is 13.2 Å². The van der Waals surface area contributed by atoms with Gasteiger partial charge in [0, 0.05) is 32.2 Å². The highest BCUT2D eigenvalue weighted by molar-refractivity contribution is 7.89. The average molecular weight is 405 g/mol. The molecule has 2 aliphatic rings. The molecule has 0 spiro atoms. The summed E-state index contributed by atoms with van der Waals surface area (Å²) in [6, 6.07) is 3.43. The Morgan fingerprint density at radius 3 is 2.15 bits per heavy atom. The minimum absolute atomic E-state index is 0.0588. The molecule has 6 nitrogen and oxygen atoms in total. The quantitative estimate of drug-likeness (QED) is 0.809. The van der Waals surface area contributed by atoms with Crippen LogP contribution in [0.1, 0.15) is 25.3 Å². The van der Waals surface area contributed by atoms with E-state index in [4.69, 9.17) is 0 Å². The van der Waals surface area contributed by atoms with E-state index < -0.39 is 21.8 Å². The summed E-state index contributed by atoms with van der Waals surface area (Å²) < 4.78 is 64.5. The molecule has 0 unspecified atom stereocenters. The first-order valence-electron chi connectivity index (χ1n) is 8.81. The first kappa shape index (κ1) is 20.1. The van der Waals surface area contributed by atoms with Crippen molar-refractivity contribution >= 4 is 15.9 Å². The minimum atomic E-state index is -4.51. The van der Waals surface area contributed by atoms with E-state index in [1.807, 2.05) is 4.90 Å². The van der Waals surface area contributed by atoms with E-state index >= 15 is 0 Å². The summed E-state index contributed by atoms with van der Waals surface area (Å²) in [6.07, 6.45) is -2.51. The van der Waals surface area contributed by atoms with E-state index in [-0.39, 0.29) is 36.0 Å². The molecular weight excluding hydrogens is 383 g/mol. The standard InChI is InChI=1S/C17H22F3N3O3S/c1-12(16(24)21-14-4-5-14)22-8-10-23(11-9-22)27(25,26)15-6-2-13(3-7-15)17(18,19)20/h2-3,6-7,12,14H,4-5,8-11H2,1H3,(H,21,24)/t12-/m1/s1. The van der Waals surface area contributed by atoms with E-state index in [0.29, 0.717) is 13.1 Å². The Labute approximate surface area is 156 Å². The van der Waals surface area contributed by atoms with Gasteiger partial charge in [0.1, 0.15) is 0 Å². The van der Waals surface area contributed by atoms with Gasteiger partial charge < -0.3 is 5.32 Å². The zero-order valence-corrected chi connectivity index (χ0v) is 15.7. The maximum Gasteiger partial charge on any atom is 0.416 e. The molecule has 10 heteroatoms. The van der Waals surface area contributed by atoms with E-state index in [1.54, 1.807) is 6.92 Å². The molecule has 0 bridgehead atoms. The third-order valence-corrected chi connectivity index (χ3v) is 6.86. The number of amides is 1. The molecule has 150 valence electrons. The number of rotatable bonds is 5. The van der Waals surface area contributed by atoms with E-state index in [2.05, 4.69) is 5.32 Å². The summed E-state index contributed by atoms with van der Waals surface area (Å²) in [4.78, 5) is 13.9. The normalized spacial score (nSPS) is 21.0. The van der Waals surface area contributed by atoms with Crippen molar-refractivity contribution in [3.8, 4) is 0 Å². The van der Waals surface area contributed by atoms with Gasteiger partial charge in [0.25, 0.3) is 0 Å². The van der Waals surface area contributed by atoms with Crippen LogP contribution in [0.15, 0.2) is 29.2 Å². The Bertz CT molecular complexity index is 784. The molecule has 1 amide bonds. The van der Waals surface area contributed by atoms with Crippen LogP contribution in [0.3, 0.4) is 0 Å². The first-order chi connectivity index (χ1) is 12.6. The Hall–Kier alpha value is -1.65. The van der Waals surface area contributed by atoms with Crippen molar-refractivity contribution in [3.05, 3.63) is 29.8 Å². The molecule has 2 fully saturated rings. The van der Waals surface area contributed by atoms with Crippen LogP contribution >= 0.6 is 0 Å². The van der Waals surface area contributed by atoms with Crippen molar-refractivity contribution in [1.82, 2.24) is 14.5 Å². The Morgan fingerprint density at radius 2 is 1.67 bits per heavy atom. The highest BCUT2D eigenvalue weighted by Crippen LogP contribution is 2.30. The van der Waals surface area contributed by atoms with Crippen molar-refractivity contribution in [1.29, 1.82) is 0 Å². The second-order valence-electron chi connectivity index (χ2n) is 6.92. The maximum atomic E-state index is 12.7. The van der Waals surface area contributed by atoms with Crippen molar-refractivity contribution in [2.75, 3.05) is 26.2 Å². The van der Waals surface area contributed by atoms with Crippen molar-refractivity contribution < 1.29 is 26.4 Å². The molecule has 1 saturated heterocycles. The highest BCUT2D eigenvalue weighted by Gasteiger charge is 2.34. The van der Waals surface area contributed by atoms with Crippen LogP contribution < -0.4 is 5.32 Å². The lowest BCUT2D eigenvalue weighted by Gasteiger charge is -2.36. The Morgan fingerprint density at radius 1 is 1.11 bits per heavy atom. The van der Waals surface area contributed by atoms with Gasteiger partial charge in [-0.3, -0.25) is 9.69 Å². The lowest BCUT2D eigenvalue weighted by atomic mass is 10.2. The van der Waals surface area contributed by atoms with Crippen molar-refractivity contribution in [3.63, 3.8) is 0 Å².